The van der Waals surface area contributed by atoms with Gasteiger partial charge in [0.05, 0.1) is 12.2 Å². The average Bonchev–Trinajstić information content (AvgIpc) is 2.75. The third-order valence-corrected chi connectivity index (χ3v) is 3.30. The van der Waals surface area contributed by atoms with E-state index in [1.807, 2.05) is 19.9 Å². The van der Waals surface area contributed by atoms with Crippen molar-refractivity contribution in [1.29, 1.82) is 0 Å². The highest BCUT2D eigenvalue weighted by Gasteiger charge is 2.24. The van der Waals surface area contributed by atoms with Crippen molar-refractivity contribution in [3.63, 3.8) is 0 Å². The predicted molar refractivity (Wildman–Crippen MR) is 77.0 cm³/mol. The number of hydrogen-bond acceptors (Lipinski definition) is 3. The first-order valence-electron chi connectivity index (χ1n) is 6.62. The molecule has 0 bridgehead atoms. The third kappa shape index (κ3) is 1.93. The molecule has 0 aliphatic carbocycles. The van der Waals surface area contributed by atoms with Crippen molar-refractivity contribution in [2.45, 2.75) is 13.8 Å². The van der Waals surface area contributed by atoms with E-state index in [9.17, 15) is 9.59 Å². The molecule has 1 heterocycles. The summed E-state index contributed by atoms with van der Waals surface area (Å²) in [5.41, 5.74) is 1.86. The van der Waals surface area contributed by atoms with Crippen LogP contribution in [0.25, 0.3) is 10.8 Å². The van der Waals surface area contributed by atoms with Gasteiger partial charge >= 0.3 is 5.97 Å². The lowest BCUT2D eigenvalue weighted by Crippen LogP contribution is -2.10. The van der Waals surface area contributed by atoms with Crippen LogP contribution in [0.5, 0.6) is 0 Å². The molecule has 0 fully saturated rings. The van der Waals surface area contributed by atoms with E-state index < -0.39 is 0 Å². The Labute approximate surface area is 116 Å². The largest absolute Gasteiger partial charge is 0.462 e. The number of esters is 1. The Morgan fingerprint density at radius 2 is 2.05 bits per heavy atom. The minimum atomic E-state index is -0.346. The average molecular weight is 269 g/mol. The first kappa shape index (κ1) is 12.7. The number of hydrogen-bond donors (Lipinski definition) is 1. The Morgan fingerprint density at radius 3 is 2.80 bits per heavy atom. The summed E-state index contributed by atoms with van der Waals surface area (Å²) in [5.74, 6) is -0.181. The van der Waals surface area contributed by atoms with Gasteiger partial charge in [0.1, 0.15) is 0 Å². The Morgan fingerprint density at radius 1 is 1.25 bits per heavy atom. The second-order valence-corrected chi connectivity index (χ2v) is 5.34. The van der Waals surface area contributed by atoms with Gasteiger partial charge in [-0.05, 0) is 29.5 Å². The van der Waals surface area contributed by atoms with Gasteiger partial charge in [-0.1, -0.05) is 26.0 Å². The van der Waals surface area contributed by atoms with E-state index in [1.54, 1.807) is 24.3 Å². The van der Waals surface area contributed by atoms with E-state index >= 15 is 0 Å². The molecule has 102 valence electrons. The van der Waals surface area contributed by atoms with Crippen molar-refractivity contribution in [2.24, 2.45) is 5.92 Å². The van der Waals surface area contributed by atoms with Crippen molar-refractivity contribution in [3.8, 4) is 0 Å². The summed E-state index contributed by atoms with van der Waals surface area (Å²) in [6.07, 6.45) is 0. The Bertz CT molecular complexity index is 719. The zero-order valence-corrected chi connectivity index (χ0v) is 11.4. The van der Waals surface area contributed by atoms with Crippen LogP contribution in [0.4, 0.5) is 5.69 Å². The molecule has 2 aromatic rings. The molecule has 0 saturated carbocycles. The lowest BCUT2D eigenvalue weighted by Gasteiger charge is -2.10. The molecule has 0 radical (unpaired) electrons. The number of nitrogens with one attached hydrogen (secondary N) is 1. The fourth-order valence-electron chi connectivity index (χ4n) is 2.39. The summed E-state index contributed by atoms with van der Waals surface area (Å²) in [5, 5.41) is 4.36. The summed E-state index contributed by atoms with van der Waals surface area (Å²) in [6.45, 7) is 4.37. The van der Waals surface area contributed by atoms with Gasteiger partial charge in [-0.15, -0.1) is 0 Å². The highest BCUT2D eigenvalue weighted by atomic mass is 16.5. The van der Waals surface area contributed by atoms with Crippen LogP contribution in [-0.2, 0) is 4.74 Å². The molecule has 0 saturated heterocycles. The summed E-state index contributed by atoms with van der Waals surface area (Å²) < 4.78 is 5.28. The van der Waals surface area contributed by atoms with Gasteiger partial charge in [-0.25, -0.2) is 4.79 Å². The number of anilines is 1. The molecule has 4 heteroatoms. The molecule has 1 aliphatic heterocycles. The van der Waals surface area contributed by atoms with Crippen LogP contribution in [0.2, 0.25) is 0 Å². The van der Waals surface area contributed by atoms with Crippen LogP contribution in [0.1, 0.15) is 34.6 Å². The van der Waals surface area contributed by atoms with Crippen LogP contribution in [0.3, 0.4) is 0 Å². The molecular formula is C16H15NO3. The maximum Gasteiger partial charge on any atom is 0.338 e. The van der Waals surface area contributed by atoms with Crippen molar-refractivity contribution in [2.75, 3.05) is 11.9 Å². The zero-order chi connectivity index (χ0) is 14.3. The number of carbonyl (C=O) groups excluding carboxylic acids is 2. The standard InChI is InChI=1S/C16H15NO3/c1-9(2)8-20-16(19)11-6-7-13-14-10(11)4-3-5-12(14)15(18)17-13/h3-7,9H,8H2,1-2H3,(H,17,18). The van der Waals surface area contributed by atoms with E-state index in [1.165, 1.54) is 0 Å². The Hall–Kier alpha value is -2.36. The van der Waals surface area contributed by atoms with Gasteiger partial charge in [0.2, 0.25) is 0 Å². The van der Waals surface area contributed by atoms with Gasteiger partial charge in [0.25, 0.3) is 5.91 Å². The fourth-order valence-corrected chi connectivity index (χ4v) is 2.39. The monoisotopic (exact) mass is 269 g/mol. The van der Waals surface area contributed by atoms with Gasteiger partial charge in [0, 0.05) is 16.6 Å². The smallest absolute Gasteiger partial charge is 0.338 e. The number of benzene rings is 2. The van der Waals surface area contributed by atoms with E-state index in [2.05, 4.69) is 5.32 Å². The first-order chi connectivity index (χ1) is 9.58. The Kier molecular flexibility index (Phi) is 2.93. The maximum absolute atomic E-state index is 12.2. The van der Waals surface area contributed by atoms with Crippen LogP contribution in [0, 0.1) is 5.92 Å². The highest BCUT2D eigenvalue weighted by molar-refractivity contribution is 6.26. The lowest BCUT2D eigenvalue weighted by atomic mass is 10.0. The lowest BCUT2D eigenvalue weighted by molar-refractivity contribution is 0.0461. The number of amides is 1. The van der Waals surface area contributed by atoms with Crippen molar-refractivity contribution in [3.05, 3.63) is 41.5 Å². The summed E-state index contributed by atoms with van der Waals surface area (Å²) in [6, 6.07) is 8.84. The minimum absolute atomic E-state index is 0.127. The van der Waals surface area contributed by atoms with E-state index in [-0.39, 0.29) is 11.9 Å². The SMILES string of the molecule is CC(C)COC(=O)c1ccc2c3c(cccc13)C(=O)N2. The van der Waals surface area contributed by atoms with Gasteiger partial charge < -0.3 is 10.1 Å². The molecule has 0 spiro atoms. The topological polar surface area (TPSA) is 55.4 Å². The van der Waals surface area contributed by atoms with Crippen molar-refractivity contribution >= 4 is 28.3 Å². The highest BCUT2D eigenvalue weighted by Crippen LogP contribution is 2.35. The van der Waals surface area contributed by atoms with Gasteiger partial charge in [-0.3, -0.25) is 4.79 Å². The summed E-state index contributed by atoms with van der Waals surface area (Å²) in [7, 11) is 0. The van der Waals surface area contributed by atoms with Gasteiger partial charge in [0.15, 0.2) is 0 Å². The molecule has 4 nitrogen and oxygen atoms in total. The van der Waals surface area contributed by atoms with Crippen LogP contribution in [-0.4, -0.2) is 18.5 Å². The summed E-state index contributed by atoms with van der Waals surface area (Å²) in [4.78, 5) is 24.0. The Balaban J connectivity index is 2.08. The molecule has 1 amide bonds. The zero-order valence-electron chi connectivity index (χ0n) is 11.4. The second-order valence-electron chi connectivity index (χ2n) is 5.34. The quantitative estimate of drug-likeness (QED) is 0.870. The molecule has 1 aliphatic rings. The second kappa shape index (κ2) is 4.63. The molecule has 3 rings (SSSR count). The van der Waals surface area contributed by atoms with E-state index in [0.717, 1.165) is 16.5 Å². The molecule has 0 atom stereocenters. The number of ether oxygens (including phenoxy) is 1. The van der Waals surface area contributed by atoms with Crippen LogP contribution < -0.4 is 5.32 Å². The molecular weight excluding hydrogens is 254 g/mol. The molecule has 0 unspecified atom stereocenters. The molecule has 20 heavy (non-hydrogen) atoms. The number of carbonyl (C=O) groups is 2. The van der Waals surface area contributed by atoms with Crippen LogP contribution in [0.15, 0.2) is 30.3 Å². The minimum Gasteiger partial charge on any atom is -0.462 e. The summed E-state index contributed by atoms with van der Waals surface area (Å²) >= 11 is 0. The van der Waals surface area contributed by atoms with Crippen molar-refractivity contribution < 1.29 is 14.3 Å². The number of rotatable bonds is 3. The predicted octanol–water partition coefficient (Wildman–Crippen LogP) is 3.22. The maximum atomic E-state index is 12.2. The first-order valence-corrected chi connectivity index (χ1v) is 6.62. The molecule has 0 aromatic heterocycles. The van der Waals surface area contributed by atoms with E-state index in [4.69, 9.17) is 4.74 Å². The molecule has 2 aromatic carbocycles. The third-order valence-electron chi connectivity index (χ3n) is 3.30. The van der Waals surface area contributed by atoms with Crippen molar-refractivity contribution in [1.82, 2.24) is 0 Å². The van der Waals surface area contributed by atoms with Gasteiger partial charge in [-0.2, -0.15) is 0 Å². The molecule has 1 N–H and O–H groups in total. The van der Waals surface area contributed by atoms with Crippen LogP contribution >= 0.6 is 0 Å². The normalized spacial score (nSPS) is 12.8. The fraction of sp³-hybridized carbons (Fsp3) is 0.250. The van der Waals surface area contributed by atoms with E-state index in [0.29, 0.717) is 23.7 Å².